The summed E-state index contributed by atoms with van der Waals surface area (Å²) in [5.74, 6) is 0.689. The highest BCUT2D eigenvalue weighted by Gasteiger charge is 2.35. The van der Waals surface area contributed by atoms with Crippen LogP contribution in [0.2, 0.25) is 0 Å². The summed E-state index contributed by atoms with van der Waals surface area (Å²) in [5, 5.41) is 3.67. The maximum Gasteiger partial charge on any atom is 0.435 e. The average Bonchev–Trinajstić information content (AvgIpc) is 3.23. The van der Waals surface area contributed by atoms with Crippen LogP contribution in [-0.2, 0) is 22.4 Å². The van der Waals surface area contributed by atoms with Crippen LogP contribution in [0, 0.1) is 0 Å². The van der Waals surface area contributed by atoms with Gasteiger partial charge in [-0.05, 0) is 36.8 Å². The third-order valence-electron chi connectivity index (χ3n) is 4.56. The molecule has 0 fully saturated rings. The fraction of sp³-hybridized carbons (Fsp3) is 0.263. The van der Waals surface area contributed by atoms with Crippen LogP contribution in [0.15, 0.2) is 47.5 Å². The van der Waals surface area contributed by atoms with Gasteiger partial charge in [-0.3, -0.25) is 0 Å². The molecule has 6 nitrogen and oxygen atoms in total. The van der Waals surface area contributed by atoms with Crippen molar-refractivity contribution in [1.29, 1.82) is 0 Å². The van der Waals surface area contributed by atoms with Crippen molar-refractivity contribution in [2.24, 2.45) is 0 Å². The zero-order chi connectivity index (χ0) is 21.0. The fourth-order valence-electron chi connectivity index (χ4n) is 3.18. The predicted octanol–water partition coefficient (Wildman–Crippen LogP) is 3.68. The highest BCUT2D eigenvalue weighted by molar-refractivity contribution is 7.90. The van der Waals surface area contributed by atoms with Crippen LogP contribution in [0.5, 0.6) is 5.75 Å². The van der Waals surface area contributed by atoms with Gasteiger partial charge in [0.2, 0.25) is 0 Å². The first-order valence-electron chi connectivity index (χ1n) is 8.66. The smallest absolute Gasteiger partial charge is 0.435 e. The molecule has 10 heteroatoms. The Morgan fingerprint density at radius 3 is 2.55 bits per heavy atom. The summed E-state index contributed by atoms with van der Waals surface area (Å²) in [5.41, 5.74) is 0.563. The molecule has 29 heavy (non-hydrogen) atoms. The van der Waals surface area contributed by atoms with Crippen LogP contribution in [0.3, 0.4) is 0 Å². The summed E-state index contributed by atoms with van der Waals surface area (Å²) in [7, 11) is -3.48. The molecule has 1 aliphatic rings. The van der Waals surface area contributed by atoms with E-state index in [9.17, 15) is 21.6 Å². The third-order valence-corrected chi connectivity index (χ3v) is 5.66. The van der Waals surface area contributed by atoms with Gasteiger partial charge in [-0.2, -0.15) is 18.3 Å². The molecule has 0 radical (unpaired) electrons. The Kier molecular flexibility index (Phi) is 4.41. The van der Waals surface area contributed by atoms with Crippen molar-refractivity contribution < 1.29 is 26.3 Å². The Morgan fingerprint density at radius 2 is 1.93 bits per heavy atom. The van der Waals surface area contributed by atoms with E-state index in [-0.39, 0.29) is 22.5 Å². The molecule has 0 saturated carbocycles. The molecule has 152 valence electrons. The van der Waals surface area contributed by atoms with E-state index in [1.54, 1.807) is 12.1 Å². The number of rotatable bonds is 3. The molecule has 1 unspecified atom stereocenters. The number of pyridine rings is 1. The van der Waals surface area contributed by atoms with E-state index < -0.39 is 21.7 Å². The Balaban J connectivity index is 1.84. The number of nitrogens with zero attached hydrogens (tertiary/aromatic N) is 3. The molecule has 3 aromatic rings. The Labute approximate surface area is 164 Å². The minimum absolute atomic E-state index is 0.00102. The summed E-state index contributed by atoms with van der Waals surface area (Å²) < 4.78 is 69.9. The number of hydrogen-bond donors (Lipinski definition) is 0. The van der Waals surface area contributed by atoms with Gasteiger partial charge in [-0.1, -0.05) is 12.1 Å². The number of ether oxygens (including phenoxy) is 1. The number of benzene rings is 1. The summed E-state index contributed by atoms with van der Waals surface area (Å²) in [6.45, 7) is 1.92. The number of hydrogen-bond acceptors (Lipinski definition) is 5. The standard InChI is InChI=1S/C19H16F3N3O3S/c1-11-7-13-4-3-12(8-16(13)28-11)15-9-17(19(20,21)22)24-25(15)18-6-5-14(10-23-18)29(2,26)27/h3-6,8-11H,7H2,1-2H3. The van der Waals surface area contributed by atoms with Gasteiger partial charge in [-0.25, -0.2) is 18.1 Å². The molecule has 0 saturated heterocycles. The summed E-state index contributed by atoms with van der Waals surface area (Å²) in [4.78, 5) is 3.97. The van der Waals surface area contributed by atoms with Crippen LogP contribution < -0.4 is 4.74 Å². The lowest BCUT2D eigenvalue weighted by molar-refractivity contribution is -0.141. The van der Waals surface area contributed by atoms with Crippen molar-refractivity contribution in [3.8, 4) is 22.8 Å². The molecule has 1 aliphatic heterocycles. The van der Waals surface area contributed by atoms with Crippen molar-refractivity contribution in [3.05, 3.63) is 53.9 Å². The molecule has 0 amide bonds. The molecule has 0 N–H and O–H groups in total. The molecule has 4 rings (SSSR count). The number of halogens is 3. The van der Waals surface area contributed by atoms with Crippen molar-refractivity contribution >= 4 is 9.84 Å². The maximum atomic E-state index is 13.3. The van der Waals surface area contributed by atoms with E-state index in [0.717, 1.165) is 35.2 Å². The minimum Gasteiger partial charge on any atom is -0.490 e. The van der Waals surface area contributed by atoms with Crippen LogP contribution in [0.1, 0.15) is 18.2 Å². The number of sulfone groups is 1. The van der Waals surface area contributed by atoms with Crippen LogP contribution in [0.4, 0.5) is 13.2 Å². The molecular formula is C19H16F3N3O3S. The van der Waals surface area contributed by atoms with E-state index in [0.29, 0.717) is 11.3 Å². The van der Waals surface area contributed by atoms with Gasteiger partial charge in [0.1, 0.15) is 11.9 Å². The first-order valence-corrected chi connectivity index (χ1v) is 10.6. The Bertz CT molecular complexity index is 1190. The second kappa shape index (κ2) is 6.58. The molecule has 1 aromatic carbocycles. The molecule has 2 aromatic heterocycles. The minimum atomic E-state index is -4.64. The molecule has 3 heterocycles. The highest BCUT2D eigenvalue weighted by Crippen LogP contribution is 2.37. The van der Waals surface area contributed by atoms with Crippen LogP contribution >= 0.6 is 0 Å². The van der Waals surface area contributed by atoms with Crippen molar-refractivity contribution in [2.75, 3.05) is 6.26 Å². The maximum absolute atomic E-state index is 13.3. The van der Waals surface area contributed by atoms with E-state index in [1.165, 1.54) is 12.1 Å². The molecule has 1 atom stereocenters. The van der Waals surface area contributed by atoms with Crippen LogP contribution in [-0.4, -0.2) is 35.5 Å². The first kappa shape index (κ1) is 19.4. The normalized spacial score (nSPS) is 16.5. The lowest BCUT2D eigenvalue weighted by atomic mass is 10.1. The summed E-state index contributed by atoms with van der Waals surface area (Å²) >= 11 is 0. The number of alkyl halides is 3. The van der Waals surface area contributed by atoms with Gasteiger partial charge in [0, 0.05) is 24.4 Å². The number of aromatic nitrogens is 3. The highest BCUT2D eigenvalue weighted by atomic mass is 32.2. The lowest BCUT2D eigenvalue weighted by Gasteiger charge is -2.09. The van der Waals surface area contributed by atoms with Gasteiger partial charge >= 0.3 is 6.18 Å². The number of fused-ring (bicyclic) bond motifs is 1. The second-order valence-corrected chi connectivity index (χ2v) is 8.92. The first-order chi connectivity index (χ1) is 13.5. The monoisotopic (exact) mass is 423 g/mol. The topological polar surface area (TPSA) is 74.1 Å². The van der Waals surface area contributed by atoms with Crippen molar-refractivity contribution in [2.45, 2.75) is 30.5 Å². The third kappa shape index (κ3) is 3.71. The predicted molar refractivity (Wildman–Crippen MR) is 98.7 cm³/mol. The van der Waals surface area contributed by atoms with E-state index in [1.807, 2.05) is 13.0 Å². The van der Waals surface area contributed by atoms with Gasteiger partial charge in [-0.15, -0.1) is 0 Å². The van der Waals surface area contributed by atoms with Crippen molar-refractivity contribution in [1.82, 2.24) is 14.8 Å². The lowest BCUT2D eigenvalue weighted by Crippen LogP contribution is -2.08. The van der Waals surface area contributed by atoms with E-state index in [4.69, 9.17) is 4.74 Å². The summed E-state index contributed by atoms with van der Waals surface area (Å²) in [6.07, 6.45) is -1.79. The molecular weight excluding hydrogens is 407 g/mol. The SMILES string of the molecule is CC1Cc2ccc(-c3cc(C(F)(F)F)nn3-c3ccc(S(C)(=O)=O)cn3)cc2O1. The Hall–Kier alpha value is -2.88. The summed E-state index contributed by atoms with van der Waals surface area (Å²) in [6, 6.07) is 8.74. The fourth-order valence-corrected chi connectivity index (χ4v) is 3.74. The average molecular weight is 423 g/mol. The van der Waals surface area contributed by atoms with E-state index in [2.05, 4.69) is 10.1 Å². The van der Waals surface area contributed by atoms with Gasteiger partial charge in [0.05, 0.1) is 10.6 Å². The van der Waals surface area contributed by atoms with E-state index >= 15 is 0 Å². The molecule has 0 spiro atoms. The van der Waals surface area contributed by atoms with Crippen molar-refractivity contribution in [3.63, 3.8) is 0 Å². The zero-order valence-corrected chi connectivity index (χ0v) is 16.3. The molecule has 0 bridgehead atoms. The zero-order valence-electron chi connectivity index (χ0n) is 15.4. The van der Waals surface area contributed by atoms with Gasteiger partial charge in [0.25, 0.3) is 0 Å². The van der Waals surface area contributed by atoms with Crippen LogP contribution in [0.25, 0.3) is 17.1 Å². The van der Waals surface area contributed by atoms with Gasteiger partial charge in [0.15, 0.2) is 21.3 Å². The van der Waals surface area contributed by atoms with Gasteiger partial charge < -0.3 is 4.74 Å². The Morgan fingerprint density at radius 1 is 1.17 bits per heavy atom. The molecule has 0 aliphatic carbocycles. The second-order valence-electron chi connectivity index (χ2n) is 6.90. The largest absolute Gasteiger partial charge is 0.490 e. The quantitative estimate of drug-likeness (QED) is 0.643.